The Morgan fingerprint density at radius 2 is 1.89 bits per heavy atom. The van der Waals surface area contributed by atoms with Crippen molar-refractivity contribution in [1.82, 2.24) is 4.90 Å². The van der Waals surface area contributed by atoms with Crippen molar-refractivity contribution in [3.63, 3.8) is 0 Å². The quantitative estimate of drug-likeness (QED) is 0.498. The Kier molecular flexibility index (Phi) is 6.21. The fourth-order valence-corrected chi connectivity index (χ4v) is 3.59. The van der Waals surface area contributed by atoms with Crippen LogP contribution in [0.3, 0.4) is 0 Å². The number of amides is 2. The lowest BCUT2D eigenvalue weighted by atomic mass is 10.1. The Hall–Kier alpha value is -2.99. The van der Waals surface area contributed by atoms with E-state index in [1.807, 2.05) is 43.3 Å². The molecule has 0 aliphatic carbocycles. The first-order valence-corrected chi connectivity index (χ1v) is 9.56. The number of carbonyl (C=O) groups excluding carboxylic acids is 2. The Balaban J connectivity index is 1.87. The molecule has 1 heterocycles. The van der Waals surface area contributed by atoms with Gasteiger partial charge >= 0.3 is 0 Å². The number of nitrogens with zero attached hydrogens (tertiary/aromatic N) is 1. The number of carbonyl (C=O) groups is 2. The first-order valence-electron chi connectivity index (χ1n) is 8.75. The van der Waals surface area contributed by atoms with Gasteiger partial charge < -0.3 is 9.47 Å². The standard InChI is InChI=1S/C22H21NO4S/c1-4-12-27-20-17(6-5-7-18(20)26-3)13-19-21(24)23(22(25)28-19)14-16-10-8-15(2)9-11-16/h4-11,13H,1,12,14H2,2-3H3/b19-13-. The zero-order valence-electron chi connectivity index (χ0n) is 15.8. The second kappa shape index (κ2) is 8.80. The normalized spacial score (nSPS) is 15.2. The van der Waals surface area contributed by atoms with Gasteiger partial charge in [-0.15, -0.1) is 0 Å². The van der Waals surface area contributed by atoms with Crippen LogP contribution in [-0.2, 0) is 11.3 Å². The molecule has 0 N–H and O–H groups in total. The van der Waals surface area contributed by atoms with E-state index in [1.54, 1.807) is 25.3 Å². The summed E-state index contributed by atoms with van der Waals surface area (Å²) in [6.45, 7) is 6.20. The molecule has 0 bridgehead atoms. The molecule has 2 aromatic carbocycles. The molecule has 1 aliphatic heterocycles. The van der Waals surface area contributed by atoms with Gasteiger partial charge in [0.15, 0.2) is 11.5 Å². The fourth-order valence-electron chi connectivity index (χ4n) is 2.76. The number of para-hydroxylation sites is 1. The van der Waals surface area contributed by atoms with Crippen LogP contribution in [0, 0.1) is 6.92 Å². The molecule has 0 saturated carbocycles. The Morgan fingerprint density at radius 1 is 1.14 bits per heavy atom. The number of ether oxygens (including phenoxy) is 2. The van der Waals surface area contributed by atoms with Gasteiger partial charge in [-0.2, -0.15) is 0 Å². The molecule has 2 amide bonds. The molecule has 0 atom stereocenters. The molecule has 0 radical (unpaired) electrons. The molecule has 2 aromatic rings. The molecule has 6 heteroatoms. The maximum absolute atomic E-state index is 12.8. The zero-order chi connectivity index (χ0) is 20.1. The number of benzene rings is 2. The maximum atomic E-state index is 12.8. The summed E-state index contributed by atoms with van der Waals surface area (Å²) < 4.78 is 11.1. The van der Waals surface area contributed by atoms with Crippen molar-refractivity contribution >= 4 is 29.0 Å². The molecular weight excluding hydrogens is 374 g/mol. The van der Waals surface area contributed by atoms with Crippen LogP contribution >= 0.6 is 11.8 Å². The van der Waals surface area contributed by atoms with Crippen molar-refractivity contribution in [1.29, 1.82) is 0 Å². The molecule has 0 aromatic heterocycles. The van der Waals surface area contributed by atoms with Crippen molar-refractivity contribution in [2.75, 3.05) is 13.7 Å². The van der Waals surface area contributed by atoms with Crippen molar-refractivity contribution < 1.29 is 19.1 Å². The molecule has 1 fully saturated rings. The van der Waals surface area contributed by atoms with Gasteiger partial charge in [-0.3, -0.25) is 14.5 Å². The fraction of sp³-hybridized carbons (Fsp3) is 0.182. The molecule has 1 saturated heterocycles. The van der Waals surface area contributed by atoms with Gasteiger partial charge in [0.2, 0.25) is 0 Å². The predicted octanol–water partition coefficient (Wildman–Crippen LogP) is 4.80. The van der Waals surface area contributed by atoms with Crippen LogP contribution in [0.1, 0.15) is 16.7 Å². The molecule has 144 valence electrons. The minimum absolute atomic E-state index is 0.250. The highest BCUT2D eigenvalue weighted by Gasteiger charge is 2.35. The summed E-state index contributed by atoms with van der Waals surface area (Å²) in [4.78, 5) is 26.8. The number of imide groups is 1. The molecule has 1 aliphatic rings. The van der Waals surface area contributed by atoms with Crippen molar-refractivity contribution in [3.05, 3.63) is 76.7 Å². The van der Waals surface area contributed by atoms with E-state index in [2.05, 4.69) is 6.58 Å². The summed E-state index contributed by atoms with van der Waals surface area (Å²) in [5, 5.41) is -0.284. The summed E-state index contributed by atoms with van der Waals surface area (Å²) in [5.41, 5.74) is 2.70. The summed E-state index contributed by atoms with van der Waals surface area (Å²) in [6, 6.07) is 13.2. The third-order valence-electron chi connectivity index (χ3n) is 4.20. The Labute approximate surface area is 168 Å². The van der Waals surface area contributed by atoms with E-state index < -0.39 is 0 Å². The summed E-state index contributed by atoms with van der Waals surface area (Å²) in [7, 11) is 1.55. The summed E-state index contributed by atoms with van der Waals surface area (Å²) in [6.07, 6.45) is 3.30. The monoisotopic (exact) mass is 395 g/mol. The highest BCUT2D eigenvalue weighted by Crippen LogP contribution is 2.37. The van der Waals surface area contributed by atoms with Crippen LogP contribution in [0.4, 0.5) is 4.79 Å². The molecule has 5 nitrogen and oxygen atoms in total. The average Bonchev–Trinajstić information content (AvgIpc) is 2.95. The number of thioether (sulfide) groups is 1. The van der Waals surface area contributed by atoms with Crippen LogP contribution in [-0.4, -0.2) is 29.8 Å². The van der Waals surface area contributed by atoms with E-state index in [9.17, 15) is 9.59 Å². The van der Waals surface area contributed by atoms with Crippen LogP contribution in [0.5, 0.6) is 11.5 Å². The van der Waals surface area contributed by atoms with E-state index >= 15 is 0 Å². The van der Waals surface area contributed by atoms with Gasteiger partial charge in [-0.25, -0.2) is 0 Å². The van der Waals surface area contributed by atoms with E-state index in [0.29, 0.717) is 28.6 Å². The van der Waals surface area contributed by atoms with E-state index in [4.69, 9.17) is 9.47 Å². The van der Waals surface area contributed by atoms with Crippen LogP contribution in [0.15, 0.2) is 60.0 Å². The van der Waals surface area contributed by atoms with Crippen molar-refractivity contribution in [2.45, 2.75) is 13.5 Å². The van der Waals surface area contributed by atoms with Gasteiger partial charge in [-0.05, 0) is 36.4 Å². The van der Waals surface area contributed by atoms with E-state index in [0.717, 1.165) is 22.9 Å². The lowest BCUT2D eigenvalue weighted by molar-refractivity contribution is -0.123. The number of methoxy groups -OCH3 is 1. The van der Waals surface area contributed by atoms with E-state index in [1.165, 1.54) is 4.90 Å². The smallest absolute Gasteiger partial charge is 0.293 e. The van der Waals surface area contributed by atoms with Crippen molar-refractivity contribution in [3.8, 4) is 11.5 Å². The van der Waals surface area contributed by atoms with Gasteiger partial charge in [0.05, 0.1) is 18.6 Å². The number of rotatable bonds is 7. The van der Waals surface area contributed by atoms with Crippen molar-refractivity contribution in [2.24, 2.45) is 0 Å². The van der Waals surface area contributed by atoms with Gasteiger partial charge in [-0.1, -0.05) is 54.6 Å². The lowest BCUT2D eigenvalue weighted by Crippen LogP contribution is -2.27. The highest BCUT2D eigenvalue weighted by molar-refractivity contribution is 8.18. The molecule has 0 spiro atoms. The molecule has 28 heavy (non-hydrogen) atoms. The molecule has 3 rings (SSSR count). The number of hydrogen-bond donors (Lipinski definition) is 0. The number of aryl methyl sites for hydroxylation is 1. The largest absolute Gasteiger partial charge is 0.493 e. The van der Waals surface area contributed by atoms with E-state index in [-0.39, 0.29) is 17.7 Å². The first kappa shape index (κ1) is 19.8. The predicted molar refractivity (Wildman–Crippen MR) is 111 cm³/mol. The second-order valence-electron chi connectivity index (χ2n) is 6.23. The second-order valence-corrected chi connectivity index (χ2v) is 7.22. The van der Waals surface area contributed by atoms with Crippen LogP contribution in [0.25, 0.3) is 6.08 Å². The minimum Gasteiger partial charge on any atom is -0.493 e. The third kappa shape index (κ3) is 4.28. The number of hydrogen-bond acceptors (Lipinski definition) is 5. The molecular formula is C22H21NO4S. The van der Waals surface area contributed by atoms with Gasteiger partial charge in [0.25, 0.3) is 11.1 Å². The van der Waals surface area contributed by atoms with Gasteiger partial charge in [0.1, 0.15) is 6.61 Å². The third-order valence-corrected chi connectivity index (χ3v) is 5.10. The maximum Gasteiger partial charge on any atom is 0.293 e. The highest BCUT2D eigenvalue weighted by atomic mass is 32.2. The average molecular weight is 395 g/mol. The van der Waals surface area contributed by atoms with Crippen LogP contribution < -0.4 is 9.47 Å². The summed E-state index contributed by atoms with van der Waals surface area (Å²) >= 11 is 0.927. The lowest BCUT2D eigenvalue weighted by Gasteiger charge is -2.13. The first-order chi connectivity index (χ1) is 13.5. The van der Waals surface area contributed by atoms with Gasteiger partial charge in [0, 0.05) is 5.56 Å². The zero-order valence-corrected chi connectivity index (χ0v) is 16.6. The SMILES string of the molecule is C=CCOc1c(/C=C2\SC(=O)N(Cc3ccc(C)cc3)C2=O)cccc1OC. The topological polar surface area (TPSA) is 55.8 Å². The Morgan fingerprint density at radius 3 is 2.57 bits per heavy atom. The minimum atomic E-state index is -0.312. The Bertz CT molecular complexity index is 934. The van der Waals surface area contributed by atoms with Crippen LogP contribution in [0.2, 0.25) is 0 Å². The summed E-state index contributed by atoms with van der Waals surface area (Å²) in [5.74, 6) is 0.748. The molecule has 0 unspecified atom stereocenters.